The van der Waals surface area contributed by atoms with E-state index in [0.717, 1.165) is 16.8 Å². The lowest BCUT2D eigenvalue weighted by Gasteiger charge is -2.10. The minimum absolute atomic E-state index is 0.125. The molecule has 1 amide bonds. The lowest BCUT2D eigenvalue weighted by molar-refractivity contribution is -0.394. The Morgan fingerprint density at radius 1 is 1.33 bits per heavy atom. The molecule has 1 heterocycles. The number of nitrogens with one attached hydrogen (secondary N) is 1. The number of hydrogen-bond acceptors (Lipinski definition) is 5. The Balaban J connectivity index is 2.14. The second-order valence-corrected chi connectivity index (χ2v) is 4.69. The molecule has 2 rings (SSSR count). The zero-order valence-corrected chi connectivity index (χ0v) is 12.0. The van der Waals surface area contributed by atoms with Crippen molar-refractivity contribution >= 4 is 17.5 Å². The molecule has 0 saturated carbocycles. The van der Waals surface area contributed by atoms with Gasteiger partial charge in [-0.15, -0.1) is 0 Å². The van der Waals surface area contributed by atoms with Crippen molar-refractivity contribution in [1.29, 1.82) is 0 Å². The number of carbonyl (C=O) groups excluding carboxylic acids is 1. The lowest BCUT2D eigenvalue weighted by Crippen LogP contribution is -2.21. The van der Waals surface area contributed by atoms with Crippen LogP contribution in [0.1, 0.15) is 17.0 Å². The smallest absolute Gasteiger partial charge is 0.390 e. The van der Waals surface area contributed by atoms with E-state index < -0.39 is 10.9 Å². The van der Waals surface area contributed by atoms with Gasteiger partial charge in [-0.3, -0.25) is 4.79 Å². The monoisotopic (exact) mass is 289 g/mol. The van der Waals surface area contributed by atoms with Crippen LogP contribution in [0.4, 0.5) is 11.6 Å². The largest absolute Gasteiger partial charge is 0.491 e. The van der Waals surface area contributed by atoms with Gasteiger partial charge in [0.1, 0.15) is 6.54 Å². The van der Waals surface area contributed by atoms with Crippen LogP contribution >= 0.6 is 0 Å². The summed E-state index contributed by atoms with van der Waals surface area (Å²) in [6, 6.07) is 5.70. The number of para-hydroxylation sites is 1. The predicted octanol–water partition coefficient (Wildman–Crippen LogP) is 1.75. The van der Waals surface area contributed by atoms with E-state index in [0.29, 0.717) is 5.82 Å². The Morgan fingerprint density at radius 2 is 1.95 bits per heavy atom. The van der Waals surface area contributed by atoms with Crippen LogP contribution in [0, 0.1) is 30.9 Å². The number of benzene rings is 1. The SMILES string of the molecule is Cc1cccc(C)c1NC(=O)Cn1nc([N+](=O)[O-])nc1C. The van der Waals surface area contributed by atoms with Gasteiger partial charge < -0.3 is 15.4 Å². The number of aromatic nitrogens is 3. The molecule has 2 aromatic rings. The minimum atomic E-state index is -0.688. The molecule has 0 bridgehead atoms. The van der Waals surface area contributed by atoms with Gasteiger partial charge in [0, 0.05) is 17.7 Å². The van der Waals surface area contributed by atoms with Crippen molar-refractivity contribution in [2.75, 3.05) is 5.32 Å². The molecule has 0 aliphatic rings. The van der Waals surface area contributed by atoms with E-state index in [1.165, 1.54) is 4.68 Å². The second kappa shape index (κ2) is 5.70. The number of rotatable bonds is 4. The topological polar surface area (TPSA) is 103 Å². The standard InChI is InChI=1S/C13H15N5O3/c1-8-5-4-6-9(2)12(8)15-11(19)7-17-10(3)14-13(16-17)18(20)21/h4-6H,7H2,1-3H3,(H,15,19). The van der Waals surface area contributed by atoms with Gasteiger partial charge in [0.2, 0.25) is 11.7 Å². The Kier molecular flexibility index (Phi) is 3.97. The van der Waals surface area contributed by atoms with Crippen LogP contribution in [0.2, 0.25) is 0 Å². The maximum atomic E-state index is 12.0. The maximum absolute atomic E-state index is 12.0. The summed E-state index contributed by atoms with van der Waals surface area (Å²) >= 11 is 0. The van der Waals surface area contributed by atoms with E-state index >= 15 is 0 Å². The molecule has 1 aromatic carbocycles. The molecule has 0 spiro atoms. The van der Waals surface area contributed by atoms with Crippen molar-refractivity contribution in [3.8, 4) is 0 Å². The average Bonchev–Trinajstić information content (AvgIpc) is 2.76. The molecular weight excluding hydrogens is 274 g/mol. The van der Waals surface area contributed by atoms with Crippen LogP contribution in [0.25, 0.3) is 0 Å². The fraction of sp³-hybridized carbons (Fsp3) is 0.308. The molecule has 8 heteroatoms. The fourth-order valence-electron chi connectivity index (χ4n) is 1.96. The van der Waals surface area contributed by atoms with E-state index in [1.807, 2.05) is 32.0 Å². The van der Waals surface area contributed by atoms with Gasteiger partial charge in [-0.05, 0) is 34.9 Å². The van der Waals surface area contributed by atoms with Gasteiger partial charge in [0.15, 0.2) is 0 Å². The van der Waals surface area contributed by atoms with Crippen LogP contribution in [0.3, 0.4) is 0 Å². The summed E-state index contributed by atoms with van der Waals surface area (Å²) in [5.74, 6) is -0.499. The first-order valence-corrected chi connectivity index (χ1v) is 6.30. The van der Waals surface area contributed by atoms with Crippen molar-refractivity contribution in [3.05, 3.63) is 45.3 Å². The summed E-state index contributed by atoms with van der Waals surface area (Å²) in [6.07, 6.45) is 0. The molecular formula is C13H15N5O3. The minimum Gasteiger partial charge on any atom is -0.390 e. The Labute approximate surface area is 121 Å². The van der Waals surface area contributed by atoms with Crippen molar-refractivity contribution in [1.82, 2.24) is 14.8 Å². The predicted molar refractivity (Wildman–Crippen MR) is 76.0 cm³/mol. The van der Waals surface area contributed by atoms with Crippen LogP contribution in [-0.4, -0.2) is 25.6 Å². The van der Waals surface area contributed by atoms with E-state index in [-0.39, 0.29) is 12.5 Å². The Bertz CT molecular complexity index is 688. The summed E-state index contributed by atoms with van der Waals surface area (Å²) in [7, 11) is 0. The van der Waals surface area contributed by atoms with Gasteiger partial charge in [0.25, 0.3) is 0 Å². The third-order valence-corrected chi connectivity index (χ3v) is 3.05. The first-order valence-electron chi connectivity index (χ1n) is 6.30. The van der Waals surface area contributed by atoms with E-state index in [1.54, 1.807) is 6.92 Å². The van der Waals surface area contributed by atoms with Crippen molar-refractivity contribution in [2.45, 2.75) is 27.3 Å². The van der Waals surface area contributed by atoms with Crippen molar-refractivity contribution in [3.63, 3.8) is 0 Å². The molecule has 0 aliphatic heterocycles. The molecule has 0 saturated heterocycles. The number of amides is 1. The quantitative estimate of drug-likeness (QED) is 0.682. The van der Waals surface area contributed by atoms with Gasteiger partial charge >= 0.3 is 5.95 Å². The molecule has 1 N–H and O–H groups in total. The highest BCUT2D eigenvalue weighted by Crippen LogP contribution is 2.19. The molecule has 0 unspecified atom stereocenters. The fourth-order valence-corrected chi connectivity index (χ4v) is 1.96. The van der Waals surface area contributed by atoms with E-state index in [2.05, 4.69) is 15.4 Å². The van der Waals surface area contributed by atoms with Gasteiger partial charge in [-0.1, -0.05) is 18.2 Å². The number of nitrogens with zero attached hydrogens (tertiary/aromatic N) is 4. The summed E-state index contributed by atoms with van der Waals surface area (Å²) in [6.45, 7) is 5.23. The number of aryl methyl sites for hydroxylation is 3. The maximum Gasteiger partial charge on any atom is 0.491 e. The number of hydrogen-bond donors (Lipinski definition) is 1. The summed E-state index contributed by atoms with van der Waals surface area (Å²) in [5, 5.41) is 17.1. The van der Waals surface area contributed by atoms with E-state index in [4.69, 9.17) is 0 Å². The molecule has 0 radical (unpaired) electrons. The van der Waals surface area contributed by atoms with Gasteiger partial charge in [0.05, 0.1) is 0 Å². The molecule has 21 heavy (non-hydrogen) atoms. The first kappa shape index (κ1) is 14.6. The summed E-state index contributed by atoms with van der Waals surface area (Å²) in [4.78, 5) is 25.6. The highest BCUT2D eigenvalue weighted by Gasteiger charge is 2.20. The highest BCUT2D eigenvalue weighted by molar-refractivity contribution is 5.92. The van der Waals surface area contributed by atoms with Crippen LogP contribution < -0.4 is 5.32 Å². The molecule has 0 fully saturated rings. The van der Waals surface area contributed by atoms with Crippen LogP contribution in [0.5, 0.6) is 0 Å². The molecule has 0 aliphatic carbocycles. The third-order valence-electron chi connectivity index (χ3n) is 3.05. The number of nitro groups is 1. The first-order chi connectivity index (χ1) is 9.88. The van der Waals surface area contributed by atoms with Crippen LogP contribution in [0.15, 0.2) is 18.2 Å². The summed E-state index contributed by atoms with van der Waals surface area (Å²) in [5.41, 5.74) is 2.64. The molecule has 1 aromatic heterocycles. The van der Waals surface area contributed by atoms with E-state index in [9.17, 15) is 14.9 Å². The third kappa shape index (κ3) is 3.22. The van der Waals surface area contributed by atoms with Gasteiger partial charge in [-0.2, -0.15) is 4.68 Å². The van der Waals surface area contributed by atoms with Crippen molar-refractivity contribution in [2.24, 2.45) is 0 Å². The van der Waals surface area contributed by atoms with Crippen molar-refractivity contribution < 1.29 is 9.72 Å². The number of anilines is 1. The normalized spacial score (nSPS) is 10.4. The Morgan fingerprint density at radius 3 is 2.48 bits per heavy atom. The second-order valence-electron chi connectivity index (χ2n) is 4.69. The lowest BCUT2D eigenvalue weighted by atomic mass is 10.1. The highest BCUT2D eigenvalue weighted by atomic mass is 16.6. The van der Waals surface area contributed by atoms with Gasteiger partial charge in [-0.25, -0.2) is 0 Å². The Hall–Kier alpha value is -2.77. The molecule has 8 nitrogen and oxygen atoms in total. The molecule has 0 atom stereocenters. The zero-order chi connectivity index (χ0) is 15.6. The van der Waals surface area contributed by atoms with Crippen LogP contribution in [-0.2, 0) is 11.3 Å². The zero-order valence-electron chi connectivity index (χ0n) is 12.0. The molecule has 110 valence electrons. The summed E-state index contributed by atoms with van der Waals surface area (Å²) < 4.78 is 1.21. The average molecular weight is 289 g/mol. The number of carbonyl (C=O) groups is 1.